The van der Waals surface area contributed by atoms with Gasteiger partial charge in [0.1, 0.15) is 6.61 Å². The van der Waals surface area contributed by atoms with Gasteiger partial charge in [0, 0.05) is 24.3 Å². The molecule has 2 atom stereocenters. The van der Waals surface area contributed by atoms with Crippen molar-refractivity contribution in [3.8, 4) is 0 Å². The van der Waals surface area contributed by atoms with Crippen LogP contribution in [-0.4, -0.2) is 32.9 Å². The van der Waals surface area contributed by atoms with E-state index in [4.69, 9.17) is 4.74 Å². The smallest absolute Gasteiger partial charge is 0.410 e. The average molecular weight is 365 g/mol. The number of amides is 1. The normalized spacial score (nSPS) is 21.7. The van der Waals surface area contributed by atoms with Gasteiger partial charge in [-0.2, -0.15) is 5.10 Å². The van der Waals surface area contributed by atoms with Crippen LogP contribution in [0.2, 0.25) is 0 Å². The molecule has 3 heterocycles. The Morgan fingerprint density at radius 3 is 2.89 bits per heavy atom. The zero-order valence-electron chi connectivity index (χ0n) is 15.9. The SMILES string of the molecule is CCCn1cc(C2=CC3CCCC(C2)N3C(=O)OCc2ccccc2)cn1. The van der Waals surface area contributed by atoms with Gasteiger partial charge in [-0.05, 0) is 43.2 Å². The van der Waals surface area contributed by atoms with Crippen molar-refractivity contribution in [1.82, 2.24) is 14.7 Å². The highest BCUT2D eigenvalue weighted by molar-refractivity contribution is 5.74. The van der Waals surface area contributed by atoms with Crippen LogP contribution in [0.15, 0.2) is 48.8 Å². The Morgan fingerprint density at radius 2 is 2.11 bits per heavy atom. The van der Waals surface area contributed by atoms with Gasteiger partial charge in [-0.25, -0.2) is 4.79 Å². The molecule has 27 heavy (non-hydrogen) atoms. The molecule has 2 aromatic rings. The first kappa shape index (κ1) is 17.8. The minimum atomic E-state index is -0.189. The summed E-state index contributed by atoms with van der Waals surface area (Å²) in [6.07, 6.45) is 11.3. The van der Waals surface area contributed by atoms with Gasteiger partial charge in [-0.15, -0.1) is 0 Å². The number of benzene rings is 1. The Kier molecular flexibility index (Phi) is 5.28. The molecule has 1 fully saturated rings. The first-order valence-corrected chi connectivity index (χ1v) is 9.97. The molecule has 1 saturated heterocycles. The van der Waals surface area contributed by atoms with E-state index < -0.39 is 0 Å². The Labute approximate surface area is 160 Å². The summed E-state index contributed by atoms with van der Waals surface area (Å²) < 4.78 is 7.63. The second-order valence-electron chi connectivity index (χ2n) is 7.49. The predicted molar refractivity (Wildman–Crippen MR) is 105 cm³/mol. The molecule has 2 aliphatic heterocycles. The van der Waals surface area contributed by atoms with Crippen molar-refractivity contribution in [3.63, 3.8) is 0 Å². The number of fused-ring (bicyclic) bond motifs is 2. The Bertz CT molecular complexity index is 812. The molecule has 0 saturated carbocycles. The Hall–Kier alpha value is -2.56. The molecule has 0 aliphatic carbocycles. The lowest BCUT2D eigenvalue weighted by Gasteiger charge is -2.44. The van der Waals surface area contributed by atoms with E-state index in [1.54, 1.807) is 0 Å². The summed E-state index contributed by atoms with van der Waals surface area (Å²) in [5, 5.41) is 4.46. The van der Waals surface area contributed by atoms with Crippen molar-refractivity contribution in [3.05, 3.63) is 59.9 Å². The van der Waals surface area contributed by atoms with Gasteiger partial charge >= 0.3 is 6.09 Å². The largest absolute Gasteiger partial charge is 0.445 e. The first-order chi connectivity index (χ1) is 13.2. The standard InChI is InChI=1S/C22H27N3O2/c1-2-11-24-15-19(14-23-24)18-12-20-9-6-10-21(13-18)25(20)22(26)27-16-17-7-4-3-5-8-17/h3-5,7-8,12,14-15,20-21H,2,6,9-11,13,16H2,1H3. The van der Waals surface area contributed by atoms with E-state index in [0.29, 0.717) is 6.61 Å². The molecule has 2 aliphatic rings. The molecule has 0 radical (unpaired) electrons. The molecule has 142 valence electrons. The number of carbonyl (C=O) groups excluding carboxylic acids is 1. The van der Waals surface area contributed by atoms with Crippen molar-refractivity contribution < 1.29 is 9.53 Å². The molecule has 1 aromatic carbocycles. The monoisotopic (exact) mass is 365 g/mol. The number of nitrogens with zero attached hydrogens (tertiary/aromatic N) is 3. The summed E-state index contributed by atoms with van der Waals surface area (Å²) in [5.41, 5.74) is 3.53. The van der Waals surface area contributed by atoms with E-state index in [0.717, 1.165) is 44.2 Å². The van der Waals surface area contributed by atoms with Crippen molar-refractivity contribution >= 4 is 11.7 Å². The third-order valence-corrected chi connectivity index (χ3v) is 5.51. The minimum Gasteiger partial charge on any atom is -0.445 e. The fourth-order valence-corrected chi connectivity index (χ4v) is 4.20. The number of ether oxygens (including phenoxy) is 1. The molecule has 0 spiro atoms. The summed E-state index contributed by atoms with van der Waals surface area (Å²) in [5.74, 6) is 0. The lowest BCUT2D eigenvalue weighted by Crippen LogP contribution is -2.51. The van der Waals surface area contributed by atoms with E-state index in [-0.39, 0.29) is 18.2 Å². The number of carbonyl (C=O) groups is 1. The van der Waals surface area contributed by atoms with Gasteiger partial charge in [0.2, 0.25) is 0 Å². The van der Waals surface area contributed by atoms with Crippen molar-refractivity contribution in [2.45, 2.75) is 64.3 Å². The van der Waals surface area contributed by atoms with Crippen LogP contribution in [0.25, 0.3) is 5.57 Å². The second-order valence-corrected chi connectivity index (χ2v) is 7.49. The highest BCUT2D eigenvalue weighted by Gasteiger charge is 2.38. The topological polar surface area (TPSA) is 47.4 Å². The summed E-state index contributed by atoms with van der Waals surface area (Å²) in [6, 6.07) is 10.2. The van der Waals surface area contributed by atoms with Crippen LogP contribution >= 0.6 is 0 Å². The number of aryl methyl sites for hydroxylation is 1. The van der Waals surface area contributed by atoms with Crippen LogP contribution in [0.5, 0.6) is 0 Å². The molecule has 2 bridgehead atoms. The van der Waals surface area contributed by atoms with Crippen LogP contribution in [0.1, 0.15) is 50.2 Å². The van der Waals surface area contributed by atoms with E-state index in [2.05, 4.69) is 24.3 Å². The quantitative estimate of drug-likeness (QED) is 0.775. The van der Waals surface area contributed by atoms with Gasteiger partial charge in [0.05, 0.1) is 12.2 Å². The summed E-state index contributed by atoms with van der Waals surface area (Å²) in [7, 11) is 0. The zero-order valence-corrected chi connectivity index (χ0v) is 15.9. The number of hydrogen-bond acceptors (Lipinski definition) is 3. The molecule has 4 rings (SSSR count). The Morgan fingerprint density at radius 1 is 1.26 bits per heavy atom. The van der Waals surface area contributed by atoms with Crippen molar-refractivity contribution in [2.24, 2.45) is 0 Å². The second kappa shape index (κ2) is 7.99. The summed E-state index contributed by atoms with van der Waals surface area (Å²) >= 11 is 0. The van der Waals surface area contributed by atoms with E-state index >= 15 is 0 Å². The third-order valence-electron chi connectivity index (χ3n) is 5.51. The van der Waals surface area contributed by atoms with Crippen molar-refractivity contribution in [2.75, 3.05) is 0 Å². The molecule has 5 nitrogen and oxygen atoms in total. The average Bonchev–Trinajstić information content (AvgIpc) is 3.15. The summed E-state index contributed by atoms with van der Waals surface area (Å²) in [4.78, 5) is 14.7. The van der Waals surface area contributed by atoms with Gasteiger partial charge in [0.25, 0.3) is 0 Å². The van der Waals surface area contributed by atoms with Crippen LogP contribution in [0.3, 0.4) is 0 Å². The van der Waals surface area contributed by atoms with E-state index in [1.165, 1.54) is 11.1 Å². The zero-order chi connectivity index (χ0) is 18.6. The maximum absolute atomic E-state index is 12.8. The maximum Gasteiger partial charge on any atom is 0.410 e. The number of rotatable bonds is 5. The van der Waals surface area contributed by atoms with Crippen LogP contribution in [-0.2, 0) is 17.9 Å². The molecule has 0 N–H and O–H groups in total. The maximum atomic E-state index is 12.8. The molecule has 1 aromatic heterocycles. The summed E-state index contributed by atoms with van der Waals surface area (Å²) in [6.45, 7) is 3.43. The van der Waals surface area contributed by atoms with E-state index in [1.807, 2.05) is 46.1 Å². The first-order valence-electron chi connectivity index (χ1n) is 9.97. The molecule has 5 heteroatoms. The lowest BCUT2D eigenvalue weighted by atomic mass is 9.84. The highest BCUT2D eigenvalue weighted by atomic mass is 16.6. The van der Waals surface area contributed by atoms with Crippen LogP contribution in [0, 0.1) is 0 Å². The number of hydrogen-bond donors (Lipinski definition) is 0. The molecular formula is C22H27N3O2. The van der Waals surface area contributed by atoms with Gasteiger partial charge in [0.15, 0.2) is 0 Å². The number of aromatic nitrogens is 2. The fourth-order valence-electron chi connectivity index (χ4n) is 4.20. The van der Waals surface area contributed by atoms with Gasteiger partial charge < -0.3 is 4.74 Å². The third kappa shape index (κ3) is 3.92. The van der Waals surface area contributed by atoms with Crippen molar-refractivity contribution in [1.29, 1.82) is 0 Å². The van der Waals surface area contributed by atoms with Crippen LogP contribution < -0.4 is 0 Å². The van der Waals surface area contributed by atoms with Gasteiger partial charge in [-0.3, -0.25) is 9.58 Å². The Balaban J connectivity index is 1.47. The lowest BCUT2D eigenvalue weighted by molar-refractivity contribution is 0.0510. The molecular weight excluding hydrogens is 338 g/mol. The van der Waals surface area contributed by atoms with E-state index in [9.17, 15) is 4.79 Å². The van der Waals surface area contributed by atoms with Crippen LogP contribution in [0.4, 0.5) is 4.79 Å². The van der Waals surface area contributed by atoms with Gasteiger partial charge in [-0.1, -0.05) is 43.3 Å². The minimum absolute atomic E-state index is 0.130. The molecule has 2 unspecified atom stereocenters. The fraction of sp³-hybridized carbons (Fsp3) is 0.455. The number of piperidine rings is 1. The molecule has 1 amide bonds. The highest BCUT2D eigenvalue weighted by Crippen LogP contribution is 2.37. The predicted octanol–water partition coefficient (Wildman–Crippen LogP) is 4.64.